The van der Waals surface area contributed by atoms with Crippen molar-refractivity contribution in [1.29, 1.82) is 0 Å². The van der Waals surface area contributed by atoms with Crippen LogP contribution in [0, 0.1) is 0 Å². The Hall–Kier alpha value is -1.52. The van der Waals surface area contributed by atoms with E-state index in [0.29, 0.717) is 17.8 Å². The molecule has 0 aliphatic carbocycles. The normalized spacial score (nSPS) is 10.8. The number of hydrogen-bond acceptors (Lipinski definition) is 2. The molecule has 0 fully saturated rings. The Kier molecular flexibility index (Phi) is 4.68. The van der Waals surface area contributed by atoms with Crippen molar-refractivity contribution in [2.45, 2.75) is 13.0 Å². The second-order valence-electron chi connectivity index (χ2n) is 4.19. The number of rotatable bonds is 4. The number of aromatic hydroxyl groups is 1. The summed E-state index contributed by atoms with van der Waals surface area (Å²) in [4.78, 5) is 0. The molecule has 0 aliphatic rings. The molecule has 0 aliphatic heterocycles. The molecule has 20 heavy (non-hydrogen) atoms. The van der Waals surface area contributed by atoms with Gasteiger partial charge in [0.15, 0.2) is 5.75 Å². The first-order chi connectivity index (χ1) is 9.47. The summed E-state index contributed by atoms with van der Waals surface area (Å²) < 4.78 is 25.2. The minimum Gasteiger partial charge on any atom is -0.505 e. The molecule has 2 nitrogen and oxygen atoms in total. The summed E-state index contributed by atoms with van der Waals surface area (Å²) in [5.41, 5.74) is 1.29. The van der Waals surface area contributed by atoms with Crippen LogP contribution in [0.25, 0.3) is 0 Å². The third-order valence-electron chi connectivity index (χ3n) is 2.72. The molecule has 0 amide bonds. The Bertz CT molecular complexity index is 597. The van der Waals surface area contributed by atoms with Crippen LogP contribution in [-0.4, -0.2) is 5.11 Å². The lowest BCUT2D eigenvalue weighted by molar-refractivity contribution is 0.151. The molecular weight excluding hydrogens is 307 g/mol. The highest BCUT2D eigenvalue weighted by Gasteiger charge is 2.08. The molecule has 0 atom stereocenters. The Morgan fingerprint density at radius 3 is 2.35 bits per heavy atom. The number of hydrogen-bond donors (Lipinski definition) is 2. The molecule has 0 unspecified atom stereocenters. The first kappa shape index (κ1) is 14.9. The molecule has 2 rings (SSSR count). The topological polar surface area (TPSA) is 32.3 Å². The fraction of sp³-hybridized carbons (Fsp3) is 0.143. The molecular formula is C14H11Cl2F2NO. The van der Waals surface area contributed by atoms with E-state index in [1.807, 2.05) is 0 Å². The number of alkyl halides is 2. The Morgan fingerprint density at radius 2 is 1.75 bits per heavy atom. The van der Waals surface area contributed by atoms with Crippen LogP contribution in [0.1, 0.15) is 17.6 Å². The van der Waals surface area contributed by atoms with Crippen LogP contribution in [0.2, 0.25) is 10.0 Å². The molecule has 0 saturated carbocycles. The molecule has 0 bridgehead atoms. The van der Waals surface area contributed by atoms with Crippen LogP contribution in [0.5, 0.6) is 5.75 Å². The van der Waals surface area contributed by atoms with Crippen molar-refractivity contribution in [3.63, 3.8) is 0 Å². The van der Waals surface area contributed by atoms with Crippen molar-refractivity contribution >= 4 is 28.9 Å². The number of halogens is 4. The first-order valence-electron chi connectivity index (χ1n) is 5.76. The molecule has 0 aromatic heterocycles. The number of anilines is 1. The van der Waals surface area contributed by atoms with Crippen molar-refractivity contribution in [3.8, 4) is 5.75 Å². The van der Waals surface area contributed by atoms with Gasteiger partial charge in [-0.1, -0.05) is 41.4 Å². The summed E-state index contributed by atoms with van der Waals surface area (Å²) in [6.45, 7) is 0.345. The lowest BCUT2D eigenvalue weighted by Crippen LogP contribution is -2.00. The maximum Gasteiger partial charge on any atom is 0.263 e. The van der Waals surface area contributed by atoms with Crippen LogP contribution in [0.15, 0.2) is 36.4 Å². The van der Waals surface area contributed by atoms with Gasteiger partial charge in [0.25, 0.3) is 6.43 Å². The van der Waals surface area contributed by atoms with E-state index in [-0.39, 0.29) is 21.4 Å². The van der Waals surface area contributed by atoms with Crippen LogP contribution < -0.4 is 5.32 Å². The van der Waals surface area contributed by atoms with Crippen LogP contribution in [0.3, 0.4) is 0 Å². The number of phenolic OH excluding ortho intramolecular Hbond substituents is 1. The van der Waals surface area contributed by atoms with Gasteiger partial charge in [0.1, 0.15) is 0 Å². The fourth-order valence-electron chi connectivity index (χ4n) is 1.71. The van der Waals surface area contributed by atoms with Crippen LogP contribution >= 0.6 is 23.2 Å². The first-order valence-corrected chi connectivity index (χ1v) is 6.52. The van der Waals surface area contributed by atoms with Crippen molar-refractivity contribution in [1.82, 2.24) is 0 Å². The third kappa shape index (κ3) is 3.52. The zero-order valence-electron chi connectivity index (χ0n) is 10.2. The monoisotopic (exact) mass is 317 g/mol. The lowest BCUT2D eigenvalue weighted by Gasteiger charge is -2.10. The summed E-state index contributed by atoms with van der Waals surface area (Å²) in [5.74, 6) is -0.182. The maximum absolute atomic E-state index is 12.6. The van der Waals surface area contributed by atoms with Gasteiger partial charge in [0, 0.05) is 17.8 Å². The van der Waals surface area contributed by atoms with Gasteiger partial charge in [-0.05, 0) is 23.8 Å². The fourth-order valence-corrected chi connectivity index (χ4v) is 2.20. The minimum atomic E-state index is -2.49. The SMILES string of the molecule is Oc1c(Cl)cc(NCc2cccc(C(F)F)c2)cc1Cl. The predicted octanol–water partition coefficient (Wildman–Crippen LogP) is 5.25. The molecule has 2 aromatic rings. The van der Waals surface area contributed by atoms with Gasteiger partial charge in [0.05, 0.1) is 10.0 Å². The second-order valence-corrected chi connectivity index (χ2v) is 5.00. The van der Waals surface area contributed by atoms with Crippen LogP contribution in [-0.2, 0) is 6.54 Å². The Labute approximate surface area is 125 Å². The smallest absolute Gasteiger partial charge is 0.263 e. The zero-order valence-corrected chi connectivity index (χ0v) is 11.7. The second kappa shape index (κ2) is 6.29. The summed E-state index contributed by atoms with van der Waals surface area (Å²) in [7, 11) is 0. The van der Waals surface area contributed by atoms with E-state index in [2.05, 4.69) is 5.32 Å². The Morgan fingerprint density at radius 1 is 1.10 bits per heavy atom. The van der Waals surface area contributed by atoms with Crippen molar-refractivity contribution in [2.24, 2.45) is 0 Å². The number of benzene rings is 2. The molecule has 0 spiro atoms. The highest BCUT2D eigenvalue weighted by Crippen LogP contribution is 2.34. The summed E-state index contributed by atoms with van der Waals surface area (Å²) >= 11 is 11.6. The average molecular weight is 318 g/mol. The van der Waals surface area contributed by atoms with E-state index in [0.717, 1.165) is 0 Å². The van der Waals surface area contributed by atoms with Gasteiger partial charge in [-0.3, -0.25) is 0 Å². The van der Waals surface area contributed by atoms with E-state index in [1.165, 1.54) is 24.3 Å². The van der Waals surface area contributed by atoms with Gasteiger partial charge in [-0.25, -0.2) is 8.78 Å². The molecule has 106 valence electrons. The summed E-state index contributed by atoms with van der Waals surface area (Å²) in [5, 5.41) is 12.7. The number of phenols is 1. The highest BCUT2D eigenvalue weighted by atomic mass is 35.5. The van der Waals surface area contributed by atoms with Gasteiger partial charge in [0.2, 0.25) is 0 Å². The van der Waals surface area contributed by atoms with Gasteiger partial charge >= 0.3 is 0 Å². The van der Waals surface area contributed by atoms with Crippen molar-refractivity contribution in [3.05, 3.63) is 57.6 Å². The summed E-state index contributed by atoms with van der Waals surface area (Å²) in [6.07, 6.45) is -2.49. The van der Waals surface area contributed by atoms with Crippen LogP contribution in [0.4, 0.5) is 14.5 Å². The highest BCUT2D eigenvalue weighted by molar-refractivity contribution is 6.37. The molecule has 2 N–H and O–H groups in total. The Balaban J connectivity index is 2.11. The largest absolute Gasteiger partial charge is 0.505 e. The predicted molar refractivity (Wildman–Crippen MR) is 76.9 cm³/mol. The number of nitrogens with one attached hydrogen (secondary N) is 1. The third-order valence-corrected chi connectivity index (χ3v) is 3.29. The molecule has 0 saturated heterocycles. The lowest BCUT2D eigenvalue weighted by atomic mass is 10.1. The molecule has 0 heterocycles. The van der Waals surface area contributed by atoms with Gasteiger partial charge < -0.3 is 10.4 Å². The molecule has 6 heteroatoms. The zero-order chi connectivity index (χ0) is 14.7. The van der Waals surface area contributed by atoms with E-state index in [4.69, 9.17) is 23.2 Å². The minimum absolute atomic E-state index is 0.0222. The summed E-state index contributed by atoms with van der Waals surface area (Å²) in [6, 6.07) is 9.15. The molecule has 0 radical (unpaired) electrons. The van der Waals surface area contributed by atoms with Crippen molar-refractivity contribution in [2.75, 3.05) is 5.32 Å². The van der Waals surface area contributed by atoms with Crippen molar-refractivity contribution < 1.29 is 13.9 Å². The maximum atomic E-state index is 12.6. The van der Waals surface area contributed by atoms with Gasteiger partial charge in [-0.2, -0.15) is 0 Å². The standard InChI is InChI=1S/C14H11Cl2F2NO/c15-11-5-10(6-12(16)13(11)20)19-7-8-2-1-3-9(4-8)14(17)18/h1-6,14,19-20H,7H2. The van der Waals surface area contributed by atoms with Gasteiger partial charge in [-0.15, -0.1) is 0 Å². The van der Waals surface area contributed by atoms with E-state index < -0.39 is 6.43 Å². The van der Waals surface area contributed by atoms with E-state index in [9.17, 15) is 13.9 Å². The average Bonchev–Trinajstić information content (AvgIpc) is 2.42. The quantitative estimate of drug-likeness (QED) is 0.755. The molecule has 2 aromatic carbocycles. The van der Waals surface area contributed by atoms with E-state index in [1.54, 1.807) is 12.1 Å². The van der Waals surface area contributed by atoms with E-state index >= 15 is 0 Å².